The predicted molar refractivity (Wildman–Crippen MR) is 342 cm³/mol. The Morgan fingerprint density at radius 1 is 0.244 bits per heavy atom. The maximum atomic E-state index is 5.53. The molecule has 16 rings (SSSR count). The maximum Gasteiger partial charge on any atom is 0.160 e. The fraction of sp³-hybridized carbons (Fsp3) is 0.0130. The third-order valence-corrected chi connectivity index (χ3v) is 16.5. The molecule has 0 amide bonds. The Labute approximate surface area is 474 Å². The van der Waals surface area contributed by atoms with E-state index in [1.54, 1.807) is 0 Å². The Morgan fingerprint density at radius 2 is 0.622 bits per heavy atom. The molecule has 0 bridgehead atoms. The minimum atomic E-state index is 0.635. The van der Waals surface area contributed by atoms with Crippen LogP contribution in [0.4, 0.5) is 0 Å². The Bertz CT molecular complexity index is 4820. The molecule has 0 unspecified atom stereocenters. The number of benzene rings is 12. The molecule has 0 atom stereocenters. The third kappa shape index (κ3) is 7.77. The van der Waals surface area contributed by atoms with Crippen LogP contribution < -0.4 is 0 Å². The number of fused-ring (bicyclic) bond motifs is 9. The van der Waals surface area contributed by atoms with E-state index >= 15 is 0 Å². The van der Waals surface area contributed by atoms with E-state index in [1.807, 2.05) is 0 Å². The molecule has 384 valence electrons. The van der Waals surface area contributed by atoms with Crippen LogP contribution in [0.2, 0.25) is 0 Å². The highest BCUT2D eigenvalue weighted by molar-refractivity contribution is 6.13. The molecule has 0 saturated heterocycles. The molecule has 4 aromatic heterocycles. The molecule has 82 heavy (non-hydrogen) atoms. The van der Waals surface area contributed by atoms with Crippen molar-refractivity contribution >= 4 is 65.4 Å². The number of aromatic nitrogens is 5. The third-order valence-electron chi connectivity index (χ3n) is 16.5. The number of para-hydroxylation sites is 5. The first-order valence-corrected chi connectivity index (χ1v) is 28.0. The zero-order valence-corrected chi connectivity index (χ0v) is 44.9. The van der Waals surface area contributed by atoms with E-state index in [0.717, 1.165) is 100 Å². The Morgan fingerprint density at radius 3 is 1.09 bits per heavy atom. The molecule has 0 fully saturated rings. The molecule has 5 heteroatoms. The first kappa shape index (κ1) is 47.1. The molecule has 12 aromatic carbocycles. The predicted octanol–water partition coefficient (Wildman–Crippen LogP) is 20.1. The van der Waals surface area contributed by atoms with E-state index in [1.165, 1.54) is 49.0 Å². The molecule has 0 N–H and O–H groups in total. The van der Waals surface area contributed by atoms with Crippen molar-refractivity contribution < 1.29 is 0 Å². The number of hydrogen-bond acceptors (Lipinski definition) is 2. The number of hydrogen-bond donors (Lipinski definition) is 0. The smallest absolute Gasteiger partial charge is 0.160 e. The topological polar surface area (TPSA) is 40.6 Å². The summed E-state index contributed by atoms with van der Waals surface area (Å²) in [5.41, 5.74) is 22.5. The van der Waals surface area contributed by atoms with Crippen LogP contribution in [0, 0.1) is 6.92 Å². The van der Waals surface area contributed by atoms with Gasteiger partial charge in [0.25, 0.3) is 0 Å². The average Bonchev–Trinajstić information content (AvgIpc) is 2.86. The van der Waals surface area contributed by atoms with Gasteiger partial charge in [-0.15, -0.1) is 0 Å². The molecular weight excluding hydrogens is 995 g/mol. The van der Waals surface area contributed by atoms with Gasteiger partial charge in [0.2, 0.25) is 0 Å². The lowest BCUT2D eigenvalue weighted by atomic mass is 9.91. The van der Waals surface area contributed by atoms with Crippen LogP contribution in [0.25, 0.3) is 150 Å². The van der Waals surface area contributed by atoms with E-state index in [9.17, 15) is 0 Å². The van der Waals surface area contributed by atoms with E-state index in [-0.39, 0.29) is 0 Å². The second-order valence-corrected chi connectivity index (χ2v) is 21.4. The number of nitrogens with zero attached hydrogens (tertiary/aromatic N) is 5. The van der Waals surface area contributed by atoms with Gasteiger partial charge in [-0.05, 0) is 114 Å². The van der Waals surface area contributed by atoms with Crippen LogP contribution in [0.3, 0.4) is 0 Å². The summed E-state index contributed by atoms with van der Waals surface area (Å²) in [6.07, 6.45) is 0. The van der Waals surface area contributed by atoms with Crippen LogP contribution in [0.1, 0.15) is 5.56 Å². The van der Waals surface area contributed by atoms with Gasteiger partial charge in [-0.3, -0.25) is 0 Å². The molecule has 0 aliphatic carbocycles. The molecule has 0 spiro atoms. The van der Waals surface area contributed by atoms with E-state index in [2.05, 4.69) is 312 Å². The van der Waals surface area contributed by atoms with Crippen molar-refractivity contribution in [1.29, 1.82) is 0 Å². The minimum Gasteiger partial charge on any atom is -0.309 e. The van der Waals surface area contributed by atoms with Crippen LogP contribution in [-0.4, -0.2) is 23.7 Å². The highest BCUT2D eigenvalue weighted by Crippen LogP contribution is 2.46. The van der Waals surface area contributed by atoms with Gasteiger partial charge >= 0.3 is 0 Å². The van der Waals surface area contributed by atoms with Gasteiger partial charge in [0.05, 0.1) is 50.2 Å². The average molecular weight is 1050 g/mol. The van der Waals surface area contributed by atoms with Crippen molar-refractivity contribution in [3.63, 3.8) is 0 Å². The summed E-state index contributed by atoms with van der Waals surface area (Å²) in [7, 11) is 0. The number of aryl methyl sites for hydroxylation is 1. The molecular formula is C77H51N5. The van der Waals surface area contributed by atoms with E-state index < -0.39 is 0 Å². The molecule has 0 saturated carbocycles. The van der Waals surface area contributed by atoms with Crippen molar-refractivity contribution in [2.45, 2.75) is 6.92 Å². The summed E-state index contributed by atoms with van der Waals surface area (Å²) >= 11 is 0. The van der Waals surface area contributed by atoms with Crippen LogP contribution >= 0.6 is 0 Å². The van der Waals surface area contributed by atoms with Gasteiger partial charge in [0.1, 0.15) is 0 Å². The van der Waals surface area contributed by atoms with E-state index in [0.29, 0.717) is 5.82 Å². The summed E-state index contributed by atoms with van der Waals surface area (Å²) in [6.45, 7) is 2.15. The molecule has 0 radical (unpaired) electrons. The molecule has 16 aromatic rings. The lowest BCUT2D eigenvalue weighted by Gasteiger charge is -2.22. The standard InChI is InChI=1S/C77H51N5/c1-50-38-40-51(41-39-50)54-42-43-75-67(46-54)64-32-12-17-37-74(64)82(75)76-65(55-24-18-26-58(44-55)80-70-33-13-8-28-60(70)61-29-9-14-34-71(61)80)47-57(77-78-68(52-20-4-2-5-21-52)49-69(79-77)53-22-6-3-7-23-53)48-66(76)56-25-19-27-59(45-56)81-72-35-15-10-30-62(72)63-31-11-16-36-73(63)81/h2-49H,1H3. The quantitative estimate of drug-likeness (QED) is 0.145. The minimum absolute atomic E-state index is 0.635. The van der Waals surface area contributed by atoms with Crippen molar-refractivity contribution in [3.8, 4) is 84.3 Å². The van der Waals surface area contributed by atoms with E-state index in [4.69, 9.17) is 9.97 Å². The second kappa shape index (κ2) is 19.2. The van der Waals surface area contributed by atoms with Gasteiger partial charge in [-0.1, -0.05) is 212 Å². The molecule has 0 aliphatic heterocycles. The second-order valence-electron chi connectivity index (χ2n) is 21.4. The molecule has 0 aliphatic rings. The normalized spacial score (nSPS) is 11.7. The molecule has 5 nitrogen and oxygen atoms in total. The summed E-state index contributed by atoms with van der Waals surface area (Å²) in [4.78, 5) is 11.1. The first-order chi connectivity index (χ1) is 40.6. The summed E-state index contributed by atoms with van der Waals surface area (Å²) in [6, 6.07) is 106. The Hall–Kier alpha value is -10.9. The lowest BCUT2D eigenvalue weighted by molar-refractivity contribution is 1.16. The van der Waals surface area contributed by atoms with Crippen molar-refractivity contribution in [2.24, 2.45) is 0 Å². The van der Waals surface area contributed by atoms with Gasteiger partial charge in [0.15, 0.2) is 5.82 Å². The largest absolute Gasteiger partial charge is 0.309 e. The summed E-state index contributed by atoms with van der Waals surface area (Å²) < 4.78 is 7.35. The zero-order chi connectivity index (χ0) is 54.3. The summed E-state index contributed by atoms with van der Waals surface area (Å²) in [5, 5.41) is 7.23. The SMILES string of the molecule is Cc1ccc(-c2ccc3c(c2)c2ccccc2n3-c2c(-c3cccc(-n4c5ccccc5c5ccccc54)c3)cc(-c3nc(-c4ccccc4)cc(-c4ccccc4)n3)cc2-c2cccc(-n3c4ccccc4c4ccccc43)c2)cc1. The fourth-order valence-corrected chi connectivity index (χ4v) is 12.7. The molecule has 4 heterocycles. The van der Waals surface area contributed by atoms with Crippen molar-refractivity contribution in [2.75, 3.05) is 0 Å². The highest BCUT2D eigenvalue weighted by atomic mass is 15.0. The Kier molecular flexibility index (Phi) is 11.0. The van der Waals surface area contributed by atoms with Gasteiger partial charge < -0.3 is 13.7 Å². The van der Waals surface area contributed by atoms with Crippen molar-refractivity contribution in [3.05, 3.63) is 297 Å². The van der Waals surface area contributed by atoms with Crippen LogP contribution in [0.15, 0.2) is 291 Å². The zero-order valence-electron chi connectivity index (χ0n) is 44.9. The first-order valence-electron chi connectivity index (χ1n) is 28.0. The van der Waals surface area contributed by atoms with Crippen LogP contribution in [-0.2, 0) is 0 Å². The Balaban J connectivity index is 1.04. The highest BCUT2D eigenvalue weighted by Gasteiger charge is 2.25. The fourth-order valence-electron chi connectivity index (χ4n) is 12.7. The lowest BCUT2D eigenvalue weighted by Crippen LogP contribution is -2.04. The van der Waals surface area contributed by atoms with Crippen LogP contribution in [0.5, 0.6) is 0 Å². The monoisotopic (exact) mass is 1050 g/mol. The maximum absolute atomic E-state index is 5.53. The number of rotatable bonds is 9. The van der Waals surface area contributed by atoms with Gasteiger partial charge in [-0.2, -0.15) is 0 Å². The van der Waals surface area contributed by atoms with Crippen molar-refractivity contribution in [1.82, 2.24) is 23.7 Å². The summed E-state index contributed by atoms with van der Waals surface area (Å²) in [5.74, 6) is 0.635. The van der Waals surface area contributed by atoms with Gasteiger partial charge in [-0.25, -0.2) is 9.97 Å². The van der Waals surface area contributed by atoms with Gasteiger partial charge in [0, 0.05) is 71.5 Å².